The van der Waals surface area contributed by atoms with Gasteiger partial charge >= 0.3 is 0 Å². The highest BCUT2D eigenvalue weighted by atomic mass is 16.1. The van der Waals surface area contributed by atoms with E-state index < -0.39 is 11.9 Å². The zero-order chi connectivity index (χ0) is 10.6. The van der Waals surface area contributed by atoms with Gasteiger partial charge in [0.05, 0.1) is 0 Å². The van der Waals surface area contributed by atoms with E-state index >= 15 is 0 Å². The molecule has 0 saturated carbocycles. The molecule has 0 aromatic carbocycles. The van der Waals surface area contributed by atoms with Gasteiger partial charge in [-0.25, -0.2) is 4.98 Å². The van der Waals surface area contributed by atoms with Crippen LogP contribution in [0.1, 0.15) is 19.2 Å². The number of nitrogens with zero attached hydrogens (tertiary/aromatic N) is 2. The first-order valence-electron chi connectivity index (χ1n) is 4.70. The van der Waals surface area contributed by atoms with Gasteiger partial charge in [-0.15, -0.1) is 0 Å². The Morgan fingerprint density at radius 2 is 2.43 bits per heavy atom. The zero-order valence-electron chi connectivity index (χ0n) is 8.31. The highest BCUT2D eigenvalue weighted by Gasteiger charge is 2.11. The monoisotopic (exact) mass is 196 g/mol. The Balaban J connectivity index is 2.66. The molecule has 1 unspecified atom stereocenters. The van der Waals surface area contributed by atoms with Crippen molar-refractivity contribution in [3.63, 3.8) is 0 Å². The number of carbonyl (C=O) groups excluding carboxylic acids is 1. The van der Waals surface area contributed by atoms with Gasteiger partial charge in [-0.1, -0.05) is 6.92 Å². The molecule has 1 rings (SSSR count). The summed E-state index contributed by atoms with van der Waals surface area (Å²) in [5.41, 5.74) is 10.6. The van der Waals surface area contributed by atoms with Gasteiger partial charge in [0.25, 0.3) is 0 Å². The highest BCUT2D eigenvalue weighted by Crippen LogP contribution is 2.01. The van der Waals surface area contributed by atoms with Crippen LogP contribution in [-0.4, -0.2) is 21.5 Å². The van der Waals surface area contributed by atoms with Crippen LogP contribution in [0.3, 0.4) is 0 Å². The van der Waals surface area contributed by atoms with Gasteiger partial charge < -0.3 is 16.0 Å². The molecule has 4 N–H and O–H groups in total. The van der Waals surface area contributed by atoms with Crippen LogP contribution in [0, 0.1) is 0 Å². The molecule has 0 aliphatic carbocycles. The van der Waals surface area contributed by atoms with E-state index in [-0.39, 0.29) is 0 Å². The number of amides is 1. The molecule has 1 aromatic rings. The van der Waals surface area contributed by atoms with Crippen LogP contribution in [0.15, 0.2) is 12.4 Å². The molecule has 14 heavy (non-hydrogen) atoms. The summed E-state index contributed by atoms with van der Waals surface area (Å²) in [5.74, 6) is 0.463. The first-order chi connectivity index (χ1) is 6.65. The van der Waals surface area contributed by atoms with Gasteiger partial charge in [0.1, 0.15) is 11.9 Å². The van der Waals surface area contributed by atoms with Gasteiger partial charge in [-0.2, -0.15) is 0 Å². The van der Waals surface area contributed by atoms with Crippen LogP contribution in [0.25, 0.3) is 0 Å². The SMILES string of the molecule is CCCc1nccn1CC(N)C(N)=O. The summed E-state index contributed by atoms with van der Waals surface area (Å²) in [6.07, 6.45) is 5.42. The number of hydrogen-bond donors (Lipinski definition) is 2. The fourth-order valence-corrected chi connectivity index (χ4v) is 1.26. The highest BCUT2D eigenvalue weighted by molar-refractivity contribution is 5.79. The van der Waals surface area contributed by atoms with Crippen molar-refractivity contribution in [2.75, 3.05) is 0 Å². The fourth-order valence-electron chi connectivity index (χ4n) is 1.26. The van der Waals surface area contributed by atoms with Crippen molar-refractivity contribution in [2.24, 2.45) is 11.5 Å². The summed E-state index contributed by atoms with van der Waals surface area (Å²) in [7, 11) is 0. The van der Waals surface area contributed by atoms with Crippen molar-refractivity contribution in [1.29, 1.82) is 0 Å². The largest absolute Gasteiger partial charge is 0.368 e. The summed E-state index contributed by atoms with van der Waals surface area (Å²) >= 11 is 0. The van der Waals surface area contributed by atoms with E-state index in [0.717, 1.165) is 18.7 Å². The standard InChI is InChI=1S/C9H16N4O/c1-2-3-8-12-4-5-13(8)6-7(10)9(11)14/h4-5,7H,2-3,6,10H2,1H3,(H2,11,14). The van der Waals surface area contributed by atoms with E-state index in [1.165, 1.54) is 0 Å². The topological polar surface area (TPSA) is 86.9 Å². The second-order valence-electron chi connectivity index (χ2n) is 3.25. The second-order valence-corrected chi connectivity index (χ2v) is 3.25. The van der Waals surface area contributed by atoms with Crippen LogP contribution in [-0.2, 0) is 17.8 Å². The molecule has 0 saturated heterocycles. The average molecular weight is 196 g/mol. The van der Waals surface area contributed by atoms with Crippen molar-refractivity contribution in [3.05, 3.63) is 18.2 Å². The van der Waals surface area contributed by atoms with E-state index in [1.54, 1.807) is 6.20 Å². The number of rotatable bonds is 5. The third-order valence-corrected chi connectivity index (χ3v) is 2.03. The lowest BCUT2D eigenvalue weighted by Gasteiger charge is -2.10. The summed E-state index contributed by atoms with van der Waals surface area (Å²) in [6, 6.07) is -0.639. The molecule has 0 aliphatic rings. The number of carbonyl (C=O) groups is 1. The first kappa shape index (κ1) is 10.7. The third-order valence-electron chi connectivity index (χ3n) is 2.03. The van der Waals surface area contributed by atoms with Gasteiger partial charge in [0.15, 0.2) is 0 Å². The lowest BCUT2D eigenvalue weighted by Crippen LogP contribution is -2.40. The summed E-state index contributed by atoms with van der Waals surface area (Å²) in [6.45, 7) is 2.48. The Hall–Kier alpha value is -1.36. The fraction of sp³-hybridized carbons (Fsp3) is 0.556. The number of primary amides is 1. The Labute approximate surface area is 83.1 Å². The maximum atomic E-state index is 10.8. The molecule has 5 nitrogen and oxygen atoms in total. The molecule has 1 aromatic heterocycles. The number of nitrogens with two attached hydrogens (primary N) is 2. The predicted octanol–water partition coefficient (Wildman–Crippen LogP) is -0.352. The van der Waals surface area contributed by atoms with Crippen molar-refractivity contribution in [3.8, 4) is 0 Å². The Kier molecular flexibility index (Phi) is 3.64. The minimum atomic E-state index is -0.639. The Morgan fingerprint density at radius 3 is 3.00 bits per heavy atom. The van der Waals surface area contributed by atoms with Crippen LogP contribution >= 0.6 is 0 Å². The molecule has 0 spiro atoms. The van der Waals surface area contributed by atoms with Crippen molar-refractivity contribution in [1.82, 2.24) is 9.55 Å². The van der Waals surface area contributed by atoms with Gasteiger partial charge in [0.2, 0.25) is 5.91 Å². The molecular weight excluding hydrogens is 180 g/mol. The molecule has 1 atom stereocenters. The molecule has 1 heterocycles. The molecule has 1 amide bonds. The summed E-state index contributed by atoms with van der Waals surface area (Å²) in [5, 5.41) is 0. The first-order valence-corrected chi connectivity index (χ1v) is 4.70. The molecular formula is C9H16N4O. The zero-order valence-corrected chi connectivity index (χ0v) is 8.31. The number of hydrogen-bond acceptors (Lipinski definition) is 3. The van der Waals surface area contributed by atoms with E-state index in [9.17, 15) is 4.79 Å². The summed E-state index contributed by atoms with van der Waals surface area (Å²) < 4.78 is 1.87. The van der Waals surface area contributed by atoms with Gasteiger partial charge in [-0.05, 0) is 6.42 Å². The van der Waals surface area contributed by atoms with Crippen LogP contribution in [0.4, 0.5) is 0 Å². The van der Waals surface area contributed by atoms with E-state index in [4.69, 9.17) is 11.5 Å². The molecule has 78 valence electrons. The van der Waals surface area contributed by atoms with E-state index in [0.29, 0.717) is 6.54 Å². The van der Waals surface area contributed by atoms with E-state index in [1.807, 2.05) is 10.8 Å². The van der Waals surface area contributed by atoms with Crippen molar-refractivity contribution >= 4 is 5.91 Å². The van der Waals surface area contributed by atoms with Crippen molar-refractivity contribution < 1.29 is 4.79 Å². The minimum absolute atomic E-state index is 0.407. The molecule has 0 bridgehead atoms. The average Bonchev–Trinajstić information content (AvgIpc) is 2.53. The van der Waals surface area contributed by atoms with Crippen LogP contribution in [0.5, 0.6) is 0 Å². The molecule has 5 heteroatoms. The van der Waals surface area contributed by atoms with E-state index in [2.05, 4.69) is 11.9 Å². The maximum Gasteiger partial charge on any atom is 0.236 e. The second kappa shape index (κ2) is 4.76. The lowest BCUT2D eigenvalue weighted by molar-refractivity contribution is -0.119. The Morgan fingerprint density at radius 1 is 1.71 bits per heavy atom. The summed E-state index contributed by atoms with van der Waals surface area (Å²) in [4.78, 5) is 14.9. The quantitative estimate of drug-likeness (QED) is 0.674. The van der Waals surface area contributed by atoms with Crippen LogP contribution in [0.2, 0.25) is 0 Å². The number of aryl methyl sites for hydroxylation is 1. The third kappa shape index (κ3) is 2.56. The van der Waals surface area contributed by atoms with Gasteiger partial charge in [0, 0.05) is 25.4 Å². The van der Waals surface area contributed by atoms with Crippen molar-refractivity contribution in [2.45, 2.75) is 32.4 Å². The predicted molar refractivity (Wildman–Crippen MR) is 53.4 cm³/mol. The minimum Gasteiger partial charge on any atom is -0.368 e. The Bertz CT molecular complexity index is 308. The number of aromatic nitrogens is 2. The normalized spacial score (nSPS) is 12.7. The van der Waals surface area contributed by atoms with Crippen LogP contribution < -0.4 is 11.5 Å². The molecule has 0 fully saturated rings. The van der Waals surface area contributed by atoms with Gasteiger partial charge in [-0.3, -0.25) is 4.79 Å². The number of imidazole rings is 1. The maximum absolute atomic E-state index is 10.8. The molecule has 0 aliphatic heterocycles. The molecule has 0 radical (unpaired) electrons. The smallest absolute Gasteiger partial charge is 0.236 e. The lowest BCUT2D eigenvalue weighted by atomic mass is 10.3.